The fourth-order valence-electron chi connectivity index (χ4n) is 2.52. The molecule has 1 atom stereocenters. The van der Waals surface area contributed by atoms with Gasteiger partial charge in [-0.2, -0.15) is 11.8 Å². The van der Waals surface area contributed by atoms with E-state index in [0.29, 0.717) is 19.0 Å². The first-order valence-corrected chi connectivity index (χ1v) is 10.5. The number of aryl methyl sites for hydroxylation is 2. The lowest BCUT2D eigenvalue weighted by molar-refractivity contribution is 0.180. The molecular weight excluding hydrogens is 487 g/mol. The Kier molecular flexibility index (Phi) is 11.5. The fraction of sp³-hybridized carbons (Fsp3) is 0.526. The summed E-state index contributed by atoms with van der Waals surface area (Å²) in [6.07, 6.45) is 2.55. The maximum atomic E-state index is 10.5. The van der Waals surface area contributed by atoms with Crippen LogP contribution >= 0.6 is 35.7 Å². The summed E-state index contributed by atoms with van der Waals surface area (Å²) in [5, 5.41) is 25.2. The number of aliphatic hydroxyl groups excluding tert-OH is 1. The monoisotopic (exact) mass is 518 g/mol. The molecule has 1 heterocycles. The van der Waals surface area contributed by atoms with Gasteiger partial charge in [-0.3, -0.25) is 0 Å². The normalized spacial score (nSPS) is 12.4. The van der Waals surface area contributed by atoms with Gasteiger partial charge in [-0.05, 0) is 37.8 Å². The lowest BCUT2D eigenvalue weighted by atomic mass is 10.1. The summed E-state index contributed by atoms with van der Waals surface area (Å²) in [7, 11) is 1.93. The molecular formula is C19H31IN6OS. The SMILES string of the molecule is CSCCCNC(=NCc1nnc(C)n1C)NCC(O)c1cccc(C)c1.I. The number of nitrogens with zero attached hydrogens (tertiary/aromatic N) is 4. The number of aliphatic imine (C=N–C) groups is 1. The van der Waals surface area contributed by atoms with Crippen molar-refractivity contribution in [2.45, 2.75) is 32.9 Å². The molecule has 0 radical (unpaired) electrons. The summed E-state index contributed by atoms with van der Waals surface area (Å²) in [4.78, 5) is 4.60. The number of aromatic nitrogens is 3. The van der Waals surface area contributed by atoms with Crippen molar-refractivity contribution in [3.63, 3.8) is 0 Å². The Bertz CT molecular complexity index is 752. The Balaban J connectivity index is 0.00000392. The van der Waals surface area contributed by atoms with Gasteiger partial charge in [0.2, 0.25) is 0 Å². The number of aliphatic hydroxyl groups is 1. The Hall–Kier alpha value is -1.33. The van der Waals surface area contributed by atoms with E-state index in [0.717, 1.165) is 41.5 Å². The summed E-state index contributed by atoms with van der Waals surface area (Å²) in [6.45, 7) is 5.57. The highest BCUT2D eigenvalue weighted by Crippen LogP contribution is 2.13. The van der Waals surface area contributed by atoms with Crippen LogP contribution < -0.4 is 10.6 Å². The Labute approximate surface area is 188 Å². The average molecular weight is 518 g/mol. The van der Waals surface area contributed by atoms with Gasteiger partial charge in [0.15, 0.2) is 11.8 Å². The predicted octanol–water partition coefficient (Wildman–Crippen LogP) is 2.57. The minimum absolute atomic E-state index is 0. The number of benzene rings is 1. The zero-order valence-corrected chi connectivity index (χ0v) is 20.1. The third-order valence-corrected chi connectivity index (χ3v) is 4.97. The van der Waals surface area contributed by atoms with E-state index < -0.39 is 6.10 Å². The molecule has 2 rings (SSSR count). The van der Waals surface area contributed by atoms with E-state index in [1.165, 1.54) is 0 Å². The number of guanidine groups is 1. The van der Waals surface area contributed by atoms with Crippen molar-refractivity contribution in [3.05, 3.63) is 47.0 Å². The van der Waals surface area contributed by atoms with Gasteiger partial charge in [0.1, 0.15) is 12.4 Å². The highest BCUT2D eigenvalue weighted by molar-refractivity contribution is 14.0. The van der Waals surface area contributed by atoms with Crippen molar-refractivity contribution in [2.75, 3.05) is 25.1 Å². The first-order chi connectivity index (χ1) is 13.0. The molecule has 0 aliphatic rings. The van der Waals surface area contributed by atoms with E-state index in [4.69, 9.17) is 0 Å². The summed E-state index contributed by atoms with van der Waals surface area (Å²) in [5.74, 6) is 3.42. The lowest BCUT2D eigenvalue weighted by Crippen LogP contribution is -2.40. The molecule has 0 saturated heterocycles. The summed E-state index contributed by atoms with van der Waals surface area (Å²) in [5.41, 5.74) is 2.03. The van der Waals surface area contributed by atoms with Gasteiger partial charge in [0, 0.05) is 20.1 Å². The standard InChI is InChI=1S/C19H30N6OS.HI/c1-14-7-5-8-16(11-14)17(26)12-21-19(20-9-6-10-27-4)22-13-18-24-23-15(2)25(18)3;/h5,7-8,11,17,26H,6,9-10,12-13H2,1-4H3,(H2,20,21,22);1H. The van der Waals surface area contributed by atoms with Crippen LogP contribution in [0.3, 0.4) is 0 Å². The second-order valence-electron chi connectivity index (χ2n) is 6.47. The summed E-state index contributed by atoms with van der Waals surface area (Å²) >= 11 is 1.82. The number of hydrogen-bond donors (Lipinski definition) is 3. The molecule has 1 unspecified atom stereocenters. The minimum atomic E-state index is -0.597. The quantitative estimate of drug-likeness (QED) is 0.205. The molecule has 1 aromatic carbocycles. The van der Waals surface area contributed by atoms with Crippen LogP contribution in [0.2, 0.25) is 0 Å². The van der Waals surface area contributed by atoms with E-state index >= 15 is 0 Å². The number of hydrogen-bond acceptors (Lipinski definition) is 5. The van der Waals surface area contributed by atoms with Crippen molar-refractivity contribution in [1.29, 1.82) is 0 Å². The smallest absolute Gasteiger partial charge is 0.191 e. The second kappa shape index (κ2) is 13.0. The van der Waals surface area contributed by atoms with E-state index in [9.17, 15) is 5.11 Å². The highest BCUT2D eigenvalue weighted by atomic mass is 127. The van der Waals surface area contributed by atoms with E-state index in [1.54, 1.807) is 0 Å². The van der Waals surface area contributed by atoms with Crippen molar-refractivity contribution in [1.82, 2.24) is 25.4 Å². The molecule has 156 valence electrons. The van der Waals surface area contributed by atoms with Crippen LogP contribution in [0, 0.1) is 13.8 Å². The van der Waals surface area contributed by atoms with Crippen LogP contribution in [0.5, 0.6) is 0 Å². The lowest BCUT2D eigenvalue weighted by Gasteiger charge is -2.16. The largest absolute Gasteiger partial charge is 0.387 e. The number of thioether (sulfide) groups is 1. The van der Waals surface area contributed by atoms with Crippen LogP contribution in [0.15, 0.2) is 29.3 Å². The molecule has 3 N–H and O–H groups in total. The average Bonchev–Trinajstić information content (AvgIpc) is 2.98. The maximum absolute atomic E-state index is 10.5. The van der Waals surface area contributed by atoms with E-state index in [-0.39, 0.29) is 24.0 Å². The minimum Gasteiger partial charge on any atom is -0.387 e. The molecule has 0 aliphatic heterocycles. The van der Waals surface area contributed by atoms with Crippen LogP contribution in [-0.4, -0.2) is 50.9 Å². The molecule has 28 heavy (non-hydrogen) atoms. The maximum Gasteiger partial charge on any atom is 0.191 e. The molecule has 1 aromatic heterocycles. The molecule has 0 saturated carbocycles. The van der Waals surface area contributed by atoms with Crippen molar-refractivity contribution in [2.24, 2.45) is 12.0 Å². The van der Waals surface area contributed by atoms with Crippen LogP contribution in [0.4, 0.5) is 0 Å². The molecule has 7 nitrogen and oxygen atoms in total. The first-order valence-electron chi connectivity index (χ1n) is 9.12. The first kappa shape index (κ1) is 24.7. The van der Waals surface area contributed by atoms with Gasteiger partial charge < -0.3 is 20.3 Å². The Morgan fingerprint density at radius 2 is 2.07 bits per heavy atom. The van der Waals surface area contributed by atoms with Gasteiger partial charge >= 0.3 is 0 Å². The molecule has 9 heteroatoms. The topological polar surface area (TPSA) is 87.4 Å². The fourth-order valence-corrected chi connectivity index (χ4v) is 2.96. The molecule has 0 aliphatic carbocycles. The van der Waals surface area contributed by atoms with Crippen LogP contribution in [-0.2, 0) is 13.6 Å². The summed E-state index contributed by atoms with van der Waals surface area (Å²) in [6, 6.07) is 7.91. The zero-order valence-electron chi connectivity index (χ0n) is 17.0. The second-order valence-corrected chi connectivity index (χ2v) is 7.46. The Morgan fingerprint density at radius 1 is 1.29 bits per heavy atom. The van der Waals surface area contributed by atoms with Gasteiger partial charge in [-0.1, -0.05) is 29.8 Å². The van der Waals surface area contributed by atoms with Crippen molar-refractivity contribution in [3.8, 4) is 0 Å². The van der Waals surface area contributed by atoms with Crippen LogP contribution in [0.1, 0.15) is 35.3 Å². The predicted molar refractivity (Wildman–Crippen MR) is 127 cm³/mol. The number of nitrogens with one attached hydrogen (secondary N) is 2. The zero-order chi connectivity index (χ0) is 19.6. The molecule has 2 aromatic rings. The van der Waals surface area contributed by atoms with E-state index in [2.05, 4.69) is 32.1 Å². The van der Waals surface area contributed by atoms with Crippen molar-refractivity contribution < 1.29 is 5.11 Å². The highest BCUT2D eigenvalue weighted by Gasteiger charge is 2.10. The molecule has 0 amide bonds. The molecule has 0 fully saturated rings. The van der Waals surface area contributed by atoms with Gasteiger partial charge in [-0.15, -0.1) is 34.2 Å². The van der Waals surface area contributed by atoms with E-state index in [1.807, 2.05) is 61.5 Å². The van der Waals surface area contributed by atoms with Gasteiger partial charge in [0.05, 0.1) is 6.10 Å². The summed E-state index contributed by atoms with van der Waals surface area (Å²) < 4.78 is 1.93. The van der Waals surface area contributed by atoms with Crippen LogP contribution in [0.25, 0.3) is 0 Å². The van der Waals surface area contributed by atoms with Gasteiger partial charge in [-0.25, -0.2) is 4.99 Å². The Morgan fingerprint density at radius 3 is 2.71 bits per heavy atom. The van der Waals surface area contributed by atoms with Gasteiger partial charge in [0.25, 0.3) is 0 Å². The number of halogens is 1. The third kappa shape index (κ3) is 7.96. The third-order valence-electron chi connectivity index (χ3n) is 4.27. The molecule has 0 bridgehead atoms. The molecule has 0 spiro atoms. The number of rotatable bonds is 9. The van der Waals surface area contributed by atoms with Crippen molar-refractivity contribution >= 4 is 41.7 Å².